The van der Waals surface area contributed by atoms with E-state index < -0.39 is 0 Å². The van der Waals surface area contributed by atoms with Crippen molar-refractivity contribution in [3.05, 3.63) is 33.8 Å². The maximum absolute atomic E-state index is 5.91. The number of nitrogen functional groups attached to an aromatic ring is 1. The van der Waals surface area contributed by atoms with Gasteiger partial charge in [0.15, 0.2) is 0 Å². The molecule has 0 aliphatic carbocycles. The lowest BCUT2D eigenvalue weighted by Gasteiger charge is -2.04. The highest BCUT2D eigenvalue weighted by atomic mass is 79.9. The van der Waals surface area contributed by atoms with Crippen molar-refractivity contribution in [1.29, 1.82) is 0 Å². The van der Waals surface area contributed by atoms with Gasteiger partial charge in [0.2, 0.25) is 0 Å². The quantitative estimate of drug-likeness (QED) is 0.872. The Bertz CT molecular complexity index is 543. The van der Waals surface area contributed by atoms with E-state index in [1.54, 1.807) is 4.68 Å². The number of nitrogens with zero attached hydrogens (tertiary/aromatic N) is 2. The second kappa shape index (κ2) is 3.94. The number of hydrogen-bond donors (Lipinski definition) is 1. The first-order valence-electron chi connectivity index (χ1n) is 5.07. The molecule has 0 spiro atoms. The zero-order valence-corrected chi connectivity index (χ0v) is 11.2. The molecule has 1 aromatic carbocycles. The summed E-state index contributed by atoms with van der Waals surface area (Å²) >= 11 is 3.59. The van der Waals surface area contributed by atoms with Crippen LogP contribution in [-0.4, -0.2) is 9.78 Å². The highest BCUT2D eigenvalue weighted by molar-refractivity contribution is 9.10. The van der Waals surface area contributed by atoms with Gasteiger partial charge in [0.1, 0.15) is 5.82 Å². The van der Waals surface area contributed by atoms with Gasteiger partial charge >= 0.3 is 0 Å². The minimum atomic E-state index is 0.711. The fourth-order valence-corrected chi connectivity index (χ4v) is 2.18. The average molecular weight is 280 g/mol. The van der Waals surface area contributed by atoms with Gasteiger partial charge < -0.3 is 5.73 Å². The Balaban J connectivity index is 2.68. The second-order valence-corrected chi connectivity index (χ2v) is 4.71. The van der Waals surface area contributed by atoms with Crippen LogP contribution in [0, 0.1) is 13.8 Å². The topological polar surface area (TPSA) is 43.8 Å². The van der Waals surface area contributed by atoms with Crippen molar-refractivity contribution >= 4 is 21.7 Å². The number of aryl methyl sites for hydroxylation is 2. The average Bonchev–Trinajstić information content (AvgIpc) is 2.50. The molecule has 0 aliphatic heterocycles. The van der Waals surface area contributed by atoms with Gasteiger partial charge in [0.25, 0.3) is 0 Å². The molecule has 0 radical (unpaired) electrons. The Morgan fingerprint density at radius 3 is 2.56 bits per heavy atom. The smallest absolute Gasteiger partial charge is 0.124 e. The van der Waals surface area contributed by atoms with Crippen molar-refractivity contribution in [2.75, 3.05) is 5.73 Å². The number of nitrogens with two attached hydrogens (primary N) is 1. The molecule has 84 valence electrons. The maximum Gasteiger partial charge on any atom is 0.124 e. The van der Waals surface area contributed by atoms with Crippen molar-refractivity contribution in [3.8, 4) is 11.3 Å². The van der Waals surface area contributed by atoms with E-state index in [1.165, 1.54) is 5.56 Å². The fraction of sp³-hybridized carbons (Fsp3) is 0.250. The number of benzene rings is 1. The first kappa shape index (κ1) is 11.2. The zero-order valence-electron chi connectivity index (χ0n) is 9.58. The van der Waals surface area contributed by atoms with Gasteiger partial charge in [0.05, 0.1) is 5.69 Å². The van der Waals surface area contributed by atoms with Crippen LogP contribution >= 0.6 is 15.9 Å². The van der Waals surface area contributed by atoms with Crippen molar-refractivity contribution in [1.82, 2.24) is 9.78 Å². The van der Waals surface area contributed by atoms with Crippen molar-refractivity contribution in [3.63, 3.8) is 0 Å². The lowest BCUT2D eigenvalue weighted by molar-refractivity contribution is 0.782. The Hall–Kier alpha value is -1.29. The fourth-order valence-electron chi connectivity index (χ4n) is 1.73. The number of hydrogen-bond acceptors (Lipinski definition) is 2. The molecule has 1 aromatic heterocycles. The molecule has 0 atom stereocenters. The molecule has 0 unspecified atom stereocenters. The van der Waals surface area contributed by atoms with Crippen LogP contribution in [-0.2, 0) is 7.05 Å². The van der Waals surface area contributed by atoms with Gasteiger partial charge in [-0.05, 0) is 35.3 Å². The minimum absolute atomic E-state index is 0.711. The molecular weight excluding hydrogens is 266 g/mol. The Kier molecular flexibility index (Phi) is 2.76. The molecule has 0 saturated carbocycles. The first-order chi connectivity index (χ1) is 7.52. The summed E-state index contributed by atoms with van der Waals surface area (Å²) in [4.78, 5) is 0. The highest BCUT2D eigenvalue weighted by Gasteiger charge is 2.14. The predicted octanol–water partition coefficient (Wildman–Crippen LogP) is 3.05. The Labute approximate surface area is 103 Å². The molecule has 0 bridgehead atoms. The van der Waals surface area contributed by atoms with Crippen LogP contribution in [0.1, 0.15) is 11.1 Å². The Morgan fingerprint density at radius 2 is 2.00 bits per heavy atom. The lowest BCUT2D eigenvalue weighted by atomic mass is 10.1. The van der Waals surface area contributed by atoms with E-state index in [0.29, 0.717) is 5.82 Å². The van der Waals surface area contributed by atoms with Crippen molar-refractivity contribution < 1.29 is 0 Å². The molecule has 1 heterocycles. The first-order valence-corrected chi connectivity index (χ1v) is 5.86. The van der Waals surface area contributed by atoms with Gasteiger partial charge in [0, 0.05) is 22.6 Å². The summed E-state index contributed by atoms with van der Waals surface area (Å²) in [7, 11) is 1.86. The summed E-state index contributed by atoms with van der Waals surface area (Å²) in [6, 6.07) is 6.14. The Morgan fingerprint density at radius 1 is 1.31 bits per heavy atom. The van der Waals surface area contributed by atoms with Crippen LogP contribution in [0.5, 0.6) is 0 Å². The van der Waals surface area contributed by atoms with E-state index in [4.69, 9.17) is 5.73 Å². The molecule has 2 N–H and O–H groups in total. The third-order valence-corrected chi connectivity index (χ3v) is 3.84. The van der Waals surface area contributed by atoms with E-state index in [-0.39, 0.29) is 0 Å². The number of halogens is 1. The van der Waals surface area contributed by atoms with Crippen LogP contribution in [0.25, 0.3) is 11.3 Å². The molecule has 16 heavy (non-hydrogen) atoms. The van der Waals surface area contributed by atoms with Crippen molar-refractivity contribution in [2.24, 2.45) is 7.05 Å². The van der Waals surface area contributed by atoms with E-state index >= 15 is 0 Å². The van der Waals surface area contributed by atoms with E-state index in [0.717, 1.165) is 21.3 Å². The van der Waals surface area contributed by atoms with Crippen LogP contribution in [0.4, 0.5) is 5.82 Å². The molecular formula is C12H14BrN3. The largest absolute Gasteiger partial charge is 0.384 e. The van der Waals surface area contributed by atoms with E-state index in [9.17, 15) is 0 Å². The van der Waals surface area contributed by atoms with E-state index in [2.05, 4.69) is 34.0 Å². The second-order valence-electron chi connectivity index (χ2n) is 3.92. The lowest BCUT2D eigenvalue weighted by Crippen LogP contribution is -1.97. The van der Waals surface area contributed by atoms with Crippen LogP contribution in [0.2, 0.25) is 0 Å². The SMILES string of the molecule is Cc1cccc(-c2nn(C)c(N)c2C)c1Br. The molecule has 0 fully saturated rings. The summed E-state index contributed by atoms with van der Waals surface area (Å²) in [5.74, 6) is 0.711. The monoisotopic (exact) mass is 279 g/mol. The standard InChI is InChI=1S/C12H14BrN3/c1-7-5-4-6-9(10(7)13)11-8(2)12(14)16(3)15-11/h4-6H,14H2,1-3H3. The molecule has 2 rings (SSSR count). The third kappa shape index (κ3) is 1.63. The van der Waals surface area contributed by atoms with Crippen LogP contribution < -0.4 is 5.73 Å². The van der Waals surface area contributed by atoms with Gasteiger partial charge in [-0.2, -0.15) is 5.10 Å². The summed E-state index contributed by atoms with van der Waals surface area (Å²) < 4.78 is 2.79. The van der Waals surface area contributed by atoms with Gasteiger partial charge in [-0.3, -0.25) is 4.68 Å². The summed E-state index contributed by atoms with van der Waals surface area (Å²) in [5, 5.41) is 4.44. The summed E-state index contributed by atoms with van der Waals surface area (Å²) in [6.07, 6.45) is 0. The number of rotatable bonds is 1. The van der Waals surface area contributed by atoms with Crippen LogP contribution in [0.3, 0.4) is 0 Å². The van der Waals surface area contributed by atoms with Gasteiger partial charge in [-0.15, -0.1) is 0 Å². The molecule has 3 nitrogen and oxygen atoms in total. The van der Waals surface area contributed by atoms with Crippen LogP contribution in [0.15, 0.2) is 22.7 Å². The van der Waals surface area contributed by atoms with Gasteiger partial charge in [-0.25, -0.2) is 0 Å². The number of aromatic nitrogens is 2. The van der Waals surface area contributed by atoms with Crippen molar-refractivity contribution in [2.45, 2.75) is 13.8 Å². The summed E-state index contributed by atoms with van der Waals surface area (Å²) in [6.45, 7) is 4.06. The normalized spacial score (nSPS) is 10.8. The highest BCUT2D eigenvalue weighted by Crippen LogP contribution is 2.33. The predicted molar refractivity (Wildman–Crippen MR) is 70.2 cm³/mol. The molecule has 0 aliphatic rings. The third-order valence-electron chi connectivity index (χ3n) is 2.78. The zero-order chi connectivity index (χ0) is 11.9. The molecule has 2 aromatic rings. The molecule has 4 heteroatoms. The molecule has 0 saturated heterocycles. The number of anilines is 1. The minimum Gasteiger partial charge on any atom is -0.384 e. The maximum atomic E-state index is 5.91. The van der Waals surface area contributed by atoms with Gasteiger partial charge in [-0.1, -0.05) is 18.2 Å². The molecule has 0 amide bonds. The van der Waals surface area contributed by atoms with E-state index in [1.807, 2.05) is 26.1 Å². The summed E-state index contributed by atoms with van der Waals surface area (Å²) in [5.41, 5.74) is 10.2.